The van der Waals surface area contributed by atoms with E-state index in [-0.39, 0.29) is 0 Å². The summed E-state index contributed by atoms with van der Waals surface area (Å²) in [5.74, 6) is 1.11. The van der Waals surface area contributed by atoms with Crippen LogP contribution in [-0.4, -0.2) is 17.3 Å². The summed E-state index contributed by atoms with van der Waals surface area (Å²) >= 11 is 5.87. The smallest absolute Gasteiger partial charge is 0.214 e. The number of nitrogens with zero attached hydrogens (tertiary/aromatic N) is 2. The zero-order chi connectivity index (χ0) is 9.97. The Hall–Kier alpha value is -1.55. The van der Waals surface area contributed by atoms with Gasteiger partial charge in [0.1, 0.15) is 5.75 Å². The van der Waals surface area contributed by atoms with E-state index in [0.717, 1.165) is 5.56 Å². The number of aromatic nitrogens is 2. The average Bonchev–Trinajstić information content (AvgIpc) is 2.71. The van der Waals surface area contributed by atoms with Gasteiger partial charge in [-0.05, 0) is 18.2 Å². The first kappa shape index (κ1) is 9.02. The van der Waals surface area contributed by atoms with Crippen LogP contribution in [-0.2, 0) is 0 Å². The number of ether oxygens (including phenoxy) is 1. The van der Waals surface area contributed by atoms with E-state index in [1.54, 1.807) is 25.3 Å². The summed E-state index contributed by atoms with van der Waals surface area (Å²) in [5, 5.41) is 4.26. The SMILES string of the molecule is COc1cc(-c2ncon2)ccc1Cl. The third-order valence-electron chi connectivity index (χ3n) is 1.77. The first-order valence-corrected chi connectivity index (χ1v) is 4.29. The molecule has 0 amide bonds. The Morgan fingerprint density at radius 2 is 2.29 bits per heavy atom. The highest BCUT2D eigenvalue weighted by atomic mass is 35.5. The third kappa shape index (κ3) is 1.56. The van der Waals surface area contributed by atoms with Crippen molar-refractivity contribution in [2.45, 2.75) is 0 Å². The van der Waals surface area contributed by atoms with Gasteiger partial charge in [0.25, 0.3) is 0 Å². The molecule has 0 aliphatic rings. The molecule has 0 fully saturated rings. The van der Waals surface area contributed by atoms with E-state index in [9.17, 15) is 0 Å². The Balaban J connectivity index is 2.46. The topological polar surface area (TPSA) is 48.2 Å². The summed E-state index contributed by atoms with van der Waals surface area (Å²) in [5.41, 5.74) is 0.806. The van der Waals surface area contributed by atoms with Crippen molar-refractivity contribution in [2.24, 2.45) is 0 Å². The Bertz CT molecular complexity index is 428. The molecule has 1 heterocycles. The first-order valence-electron chi connectivity index (χ1n) is 3.91. The van der Waals surface area contributed by atoms with Crippen LogP contribution in [0, 0.1) is 0 Å². The number of hydrogen-bond donors (Lipinski definition) is 0. The van der Waals surface area contributed by atoms with Crippen LogP contribution in [0.2, 0.25) is 5.02 Å². The molecule has 4 nitrogen and oxygen atoms in total. The zero-order valence-corrected chi connectivity index (χ0v) is 8.15. The molecule has 0 aliphatic heterocycles. The largest absolute Gasteiger partial charge is 0.495 e. The van der Waals surface area contributed by atoms with Gasteiger partial charge in [-0.1, -0.05) is 16.8 Å². The van der Waals surface area contributed by atoms with Gasteiger partial charge in [-0.2, -0.15) is 4.98 Å². The maximum absolute atomic E-state index is 5.87. The van der Waals surface area contributed by atoms with Crippen molar-refractivity contribution in [3.63, 3.8) is 0 Å². The number of benzene rings is 1. The molecule has 72 valence electrons. The molecule has 1 aromatic carbocycles. The third-order valence-corrected chi connectivity index (χ3v) is 2.08. The van der Waals surface area contributed by atoms with Gasteiger partial charge in [-0.15, -0.1) is 0 Å². The lowest BCUT2D eigenvalue weighted by Gasteiger charge is -2.03. The van der Waals surface area contributed by atoms with Crippen molar-refractivity contribution in [2.75, 3.05) is 7.11 Å². The summed E-state index contributed by atoms with van der Waals surface area (Å²) < 4.78 is 9.70. The molecule has 2 aromatic rings. The van der Waals surface area contributed by atoms with Crippen molar-refractivity contribution in [1.29, 1.82) is 0 Å². The summed E-state index contributed by atoms with van der Waals surface area (Å²) in [6, 6.07) is 5.29. The van der Waals surface area contributed by atoms with E-state index < -0.39 is 0 Å². The van der Waals surface area contributed by atoms with E-state index in [4.69, 9.17) is 16.3 Å². The van der Waals surface area contributed by atoms with Crippen LogP contribution >= 0.6 is 11.6 Å². The highest BCUT2D eigenvalue weighted by Crippen LogP contribution is 2.28. The highest BCUT2D eigenvalue weighted by Gasteiger charge is 2.06. The van der Waals surface area contributed by atoms with Gasteiger partial charge in [-0.3, -0.25) is 0 Å². The molecule has 0 N–H and O–H groups in total. The highest BCUT2D eigenvalue weighted by molar-refractivity contribution is 6.32. The second kappa shape index (κ2) is 3.67. The van der Waals surface area contributed by atoms with Crippen molar-refractivity contribution < 1.29 is 9.26 Å². The summed E-state index contributed by atoms with van der Waals surface area (Å²) in [6.45, 7) is 0. The van der Waals surface area contributed by atoms with Gasteiger partial charge in [0.15, 0.2) is 0 Å². The molecule has 1 aromatic heterocycles. The quantitative estimate of drug-likeness (QED) is 0.764. The number of rotatable bonds is 2. The van der Waals surface area contributed by atoms with Crippen LogP contribution in [0.25, 0.3) is 11.4 Å². The summed E-state index contributed by atoms with van der Waals surface area (Å²) in [7, 11) is 1.56. The fourth-order valence-electron chi connectivity index (χ4n) is 1.10. The molecule has 2 rings (SSSR count). The molecule has 0 radical (unpaired) electrons. The summed E-state index contributed by atoms with van der Waals surface area (Å²) in [4.78, 5) is 3.92. The second-order valence-corrected chi connectivity index (χ2v) is 3.01. The van der Waals surface area contributed by atoms with E-state index in [1.807, 2.05) is 0 Å². The second-order valence-electron chi connectivity index (χ2n) is 2.60. The van der Waals surface area contributed by atoms with Crippen molar-refractivity contribution in [3.8, 4) is 17.1 Å². The van der Waals surface area contributed by atoms with Crippen molar-refractivity contribution >= 4 is 11.6 Å². The minimum Gasteiger partial charge on any atom is -0.495 e. The van der Waals surface area contributed by atoms with Gasteiger partial charge in [-0.25, -0.2) is 0 Å². The zero-order valence-electron chi connectivity index (χ0n) is 7.40. The number of hydrogen-bond acceptors (Lipinski definition) is 4. The average molecular weight is 211 g/mol. The van der Waals surface area contributed by atoms with Gasteiger partial charge in [0.2, 0.25) is 12.2 Å². The molecule has 0 saturated heterocycles. The van der Waals surface area contributed by atoms with Gasteiger partial charge >= 0.3 is 0 Å². The molecule has 0 aliphatic carbocycles. The van der Waals surface area contributed by atoms with Crippen molar-refractivity contribution in [1.82, 2.24) is 10.1 Å². The van der Waals surface area contributed by atoms with Crippen LogP contribution in [0.3, 0.4) is 0 Å². The maximum atomic E-state index is 5.87. The Morgan fingerprint density at radius 3 is 2.93 bits per heavy atom. The van der Waals surface area contributed by atoms with Crippen LogP contribution in [0.4, 0.5) is 0 Å². The van der Waals surface area contributed by atoms with Crippen LogP contribution in [0.15, 0.2) is 29.1 Å². The molecule has 5 heteroatoms. The molecular formula is C9H7ClN2O2. The predicted octanol–water partition coefficient (Wildman–Crippen LogP) is 2.40. The Morgan fingerprint density at radius 1 is 1.43 bits per heavy atom. The normalized spacial score (nSPS) is 10.1. The monoisotopic (exact) mass is 210 g/mol. The lowest BCUT2D eigenvalue weighted by Crippen LogP contribution is -1.86. The lowest BCUT2D eigenvalue weighted by atomic mass is 10.2. The molecule has 0 spiro atoms. The molecule has 14 heavy (non-hydrogen) atoms. The van der Waals surface area contributed by atoms with E-state index in [0.29, 0.717) is 16.6 Å². The number of methoxy groups -OCH3 is 1. The first-order chi connectivity index (χ1) is 6.81. The molecule has 0 atom stereocenters. The van der Waals surface area contributed by atoms with Crippen LogP contribution < -0.4 is 4.74 Å². The summed E-state index contributed by atoms with van der Waals surface area (Å²) in [6.07, 6.45) is 1.27. The molecule has 0 unspecified atom stereocenters. The fraction of sp³-hybridized carbons (Fsp3) is 0.111. The Kier molecular flexibility index (Phi) is 2.37. The van der Waals surface area contributed by atoms with Crippen LogP contribution in [0.1, 0.15) is 0 Å². The molecular weight excluding hydrogens is 204 g/mol. The minimum atomic E-state index is 0.514. The van der Waals surface area contributed by atoms with Crippen molar-refractivity contribution in [3.05, 3.63) is 29.6 Å². The molecule has 0 saturated carbocycles. The predicted molar refractivity (Wildman–Crippen MR) is 51.3 cm³/mol. The number of halogens is 1. The van der Waals surface area contributed by atoms with Gasteiger partial charge in [0, 0.05) is 5.56 Å². The van der Waals surface area contributed by atoms with Crippen LogP contribution in [0.5, 0.6) is 5.75 Å². The standard InChI is InChI=1S/C9H7ClN2O2/c1-13-8-4-6(2-3-7(8)10)9-11-5-14-12-9/h2-5H,1H3. The fourth-order valence-corrected chi connectivity index (χ4v) is 1.29. The van der Waals surface area contributed by atoms with Gasteiger partial charge < -0.3 is 9.26 Å². The van der Waals surface area contributed by atoms with E-state index >= 15 is 0 Å². The minimum absolute atomic E-state index is 0.514. The Labute approximate surface area is 85.5 Å². The lowest BCUT2D eigenvalue weighted by molar-refractivity contribution is 0.414. The van der Waals surface area contributed by atoms with E-state index in [2.05, 4.69) is 14.7 Å². The maximum Gasteiger partial charge on any atom is 0.214 e. The molecule has 0 bridgehead atoms. The van der Waals surface area contributed by atoms with Gasteiger partial charge in [0.05, 0.1) is 12.1 Å². The van der Waals surface area contributed by atoms with E-state index in [1.165, 1.54) is 6.39 Å².